The van der Waals surface area contributed by atoms with Crippen molar-refractivity contribution in [2.24, 2.45) is 0 Å². The van der Waals surface area contributed by atoms with Crippen LogP contribution in [0.2, 0.25) is 5.28 Å². The summed E-state index contributed by atoms with van der Waals surface area (Å²) in [5, 5.41) is 23.6. The highest BCUT2D eigenvalue weighted by Gasteiger charge is 2.56. The fourth-order valence-electron chi connectivity index (χ4n) is 2.19. The van der Waals surface area contributed by atoms with Gasteiger partial charge in [-0.1, -0.05) is 0 Å². The van der Waals surface area contributed by atoms with Gasteiger partial charge in [-0.05, 0) is 18.5 Å². The van der Waals surface area contributed by atoms with Crippen molar-refractivity contribution in [1.29, 1.82) is 0 Å². The van der Waals surface area contributed by atoms with Crippen LogP contribution < -0.4 is 5.32 Å². The standard InChI is InChI=1S/C9H12ClN3O4S/c1-9-2-16-6(17-9)3(4(14)5(9)15)11-8-12-7(10)13-18-8/h3-6,14-15H,2H2,1H3,(H,11,12,13)/t3-,4-,5-,6-,9+/m1/s1. The monoisotopic (exact) mass is 293 g/mol. The van der Waals surface area contributed by atoms with E-state index in [0.717, 1.165) is 11.5 Å². The van der Waals surface area contributed by atoms with Crippen molar-refractivity contribution < 1.29 is 19.7 Å². The Labute approximate surface area is 112 Å². The van der Waals surface area contributed by atoms with Gasteiger partial charge in [0.1, 0.15) is 23.9 Å². The molecule has 100 valence electrons. The van der Waals surface area contributed by atoms with Crippen molar-refractivity contribution in [3.05, 3.63) is 5.28 Å². The second-order valence-corrected chi connectivity index (χ2v) is 5.67. The molecule has 1 aromatic rings. The minimum atomic E-state index is -1.03. The number of fused-ring (bicyclic) bond motifs is 2. The van der Waals surface area contributed by atoms with Gasteiger partial charge >= 0.3 is 0 Å². The molecule has 2 saturated heterocycles. The zero-order chi connectivity index (χ0) is 12.9. The fraction of sp³-hybridized carbons (Fsp3) is 0.778. The van der Waals surface area contributed by atoms with Crippen LogP contribution in [0.4, 0.5) is 5.13 Å². The van der Waals surface area contributed by atoms with E-state index >= 15 is 0 Å². The van der Waals surface area contributed by atoms with Gasteiger partial charge in [0.05, 0.1) is 6.61 Å². The highest BCUT2D eigenvalue weighted by atomic mass is 35.5. The van der Waals surface area contributed by atoms with E-state index < -0.39 is 30.1 Å². The molecule has 9 heteroatoms. The molecule has 5 atom stereocenters. The molecular weight excluding hydrogens is 282 g/mol. The van der Waals surface area contributed by atoms with Gasteiger partial charge in [0.25, 0.3) is 0 Å². The van der Waals surface area contributed by atoms with Crippen LogP contribution in [0.25, 0.3) is 0 Å². The van der Waals surface area contributed by atoms with Crippen LogP contribution in [0.1, 0.15) is 6.92 Å². The van der Waals surface area contributed by atoms with Crippen LogP contribution in [0, 0.1) is 0 Å². The number of rotatable bonds is 2. The van der Waals surface area contributed by atoms with Crippen LogP contribution in [-0.4, -0.2) is 56.3 Å². The number of hydrogen-bond donors (Lipinski definition) is 3. The van der Waals surface area contributed by atoms with Crippen LogP contribution in [0.5, 0.6) is 0 Å². The van der Waals surface area contributed by atoms with Gasteiger partial charge in [0.2, 0.25) is 10.4 Å². The Morgan fingerprint density at radius 1 is 1.56 bits per heavy atom. The van der Waals surface area contributed by atoms with Crippen molar-refractivity contribution in [2.45, 2.75) is 37.1 Å². The SMILES string of the molecule is C[C@@]12CO[C@H](O1)[C@H](Nc1nc(Cl)ns1)[C@@H](O)[C@H]2O. The number of aromatic nitrogens is 2. The third-order valence-corrected chi connectivity index (χ3v) is 4.14. The lowest BCUT2D eigenvalue weighted by Gasteiger charge is -2.40. The van der Waals surface area contributed by atoms with E-state index in [4.69, 9.17) is 21.1 Å². The summed E-state index contributed by atoms with van der Waals surface area (Å²) in [6.45, 7) is 1.95. The topological polar surface area (TPSA) is 96.7 Å². The largest absolute Gasteiger partial charge is 0.388 e. The van der Waals surface area contributed by atoms with Crippen molar-refractivity contribution in [3.63, 3.8) is 0 Å². The Kier molecular flexibility index (Phi) is 2.96. The van der Waals surface area contributed by atoms with Crippen LogP contribution in [-0.2, 0) is 9.47 Å². The highest BCUT2D eigenvalue weighted by Crippen LogP contribution is 2.37. The summed E-state index contributed by atoms with van der Waals surface area (Å²) >= 11 is 6.68. The lowest BCUT2D eigenvalue weighted by atomic mass is 9.89. The number of nitrogens with zero attached hydrogens (tertiary/aromatic N) is 2. The maximum absolute atomic E-state index is 10.1. The molecule has 2 fully saturated rings. The Hall–Kier alpha value is -0.510. The quantitative estimate of drug-likeness (QED) is 0.697. The van der Waals surface area contributed by atoms with E-state index in [1.54, 1.807) is 6.92 Å². The number of aliphatic hydroxyl groups excluding tert-OH is 2. The normalized spacial score (nSPS) is 43.1. The van der Waals surface area contributed by atoms with Gasteiger partial charge < -0.3 is 25.0 Å². The fourth-order valence-corrected chi connectivity index (χ4v) is 2.95. The smallest absolute Gasteiger partial charge is 0.236 e. The molecule has 18 heavy (non-hydrogen) atoms. The molecule has 0 aliphatic carbocycles. The van der Waals surface area contributed by atoms with Gasteiger partial charge in [-0.2, -0.15) is 9.36 Å². The third-order valence-electron chi connectivity index (χ3n) is 3.22. The van der Waals surface area contributed by atoms with Gasteiger partial charge in [0.15, 0.2) is 6.29 Å². The summed E-state index contributed by atoms with van der Waals surface area (Å²) in [7, 11) is 0. The highest BCUT2D eigenvalue weighted by molar-refractivity contribution is 7.09. The second-order valence-electron chi connectivity index (χ2n) is 4.58. The number of halogens is 1. The first kappa shape index (κ1) is 12.5. The molecule has 7 nitrogen and oxygen atoms in total. The first-order chi connectivity index (χ1) is 8.49. The molecule has 0 unspecified atom stereocenters. The Bertz CT molecular complexity index is 461. The van der Waals surface area contributed by atoms with Crippen LogP contribution >= 0.6 is 23.1 Å². The lowest BCUT2D eigenvalue weighted by molar-refractivity contribution is -0.208. The lowest BCUT2D eigenvalue weighted by Crippen LogP contribution is -2.61. The minimum absolute atomic E-state index is 0.131. The molecule has 1 aromatic heterocycles. The molecular formula is C9H12ClN3O4S. The second kappa shape index (κ2) is 4.26. The molecule has 2 bridgehead atoms. The van der Waals surface area contributed by atoms with Gasteiger partial charge in [-0.3, -0.25) is 0 Å². The molecule has 2 aliphatic heterocycles. The number of nitrogens with one attached hydrogen (secondary N) is 1. The van der Waals surface area contributed by atoms with Crippen LogP contribution in [0.3, 0.4) is 0 Å². The molecule has 2 aliphatic rings. The predicted molar refractivity (Wildman–Crippen MR) is 63.6 cm³/mol. The minimum Gasteiger partial charge on any atom is -0.388 e. The predicted octanol–water partition coefficient (Wildman–Crippen LogP) is -0.161. The number of anilines is 1. The average molecular weight is 294 g/mol. The third kappa shape index (κ3) is 1.89. The van der Waals surface area contributed by atoms with E-state index in [1.807, 2.05) is 0 Å². The summed E-state index contributed by atoms with van der Waals surface area (Å²) in [5.41, 5.74) is -0.860. The Morgan fingerprint density at radius 2 is 2.33 bits per heavy atom. The van der Waals surface area contributed by atoms with Crippen molar-refractivity contribution in [2.75, 3.05) is 11.9 Å². The van der Waals surface area contributed by atoms with E-state index in [9.17, 15) is 10.2 Å². The average Bonchev–Trinajstić information content (AvgIpc) is 2.89. The van der Waals surface area contributed by atoms with Crippen molar-refractivity contribution in [3.8, 4) is 0 Å². The molecule has 0 saturated carbocycles. The molecule has 0 spiro atoms. The summed E-state index contributed by atoms with van der Waals surface area (Å²) in [5.74, 6) is 0. The van der Waals surface area contributed by atoms with Gasteiger partial charge in [-0.25, -0.2) is 0 Å². The van der Waals surface area contributed by atoms with Crippen LogP contribution in [0.15, 0.2) is 0 Å². The van der Waals surface area contributed by atoms with Crippen molar-refractivity contribution >= 4 is 28.3 Å². The zero-order valence-corrected chi connectivity index (χ0v) is 11.0. The van der Waals surface area contributed by atoms with Gasteiger partial charge in [-0.15, -0.1) is 0 Å². The molecule has 0 aromatic carbocycles. The maximum atomic E-state index is 10.1. The Balaban J connectivity index is 1.80. The van der Waals surface area contributed by atoms with E-state index in [-0.39, 0.29) is 11.9 Å². The number of ether oxygens (including phenoxy) is 2. The number of aliphatic hydroxyl groups is 2. The molecule has 3 rings (SSSR count). The summed E-state index contributed by atoms with van der Waals surface area (Å²) in [6.07, 6.45) is -2.67. The maximum Gasteiger partial charge on any atom is 0.236 e. The van der Waals surface area contributed by atoms with E-state index in [2.05, 4.69) is 14.7 Å². The first-order valence-corrected chi connectivity index (χ1v) is 6.56. The zero-order valence-electron chi connectivity index (χ0n) is 9.41. The molecule has 3 heterocycles. The number of hydrogen-bond acceptors (Lipinski definition) is 8. The van der Waals surface area contributed by atoms with Crippen molar-refractivity contribution in [1.82, 2.24) is 9.36 Å². The molecule has 3 N–H and O–H groups in total. The Morgan fingerprint density at radius 3 is 3.00 bits per heavy atom. The summed E-state index contributed by atoms with van der Waals surface area (Å²) in [6, 6.07) is -0.611. The molecule has 0 amide bonds. The first-order valence-electron chi connectivity index (χ1n) is 5.41. The summed E-state index contributed by atoms with van der Waals surface area (Å²) in [4.78, 5) is 3.92. The summed E-state index contributed by atoms with van der Waals surface area (Å²) < 4.78 is 14.8. The van der Waals surface area contributed by atoms with Gasteiger partial charge in [0, 0.05) is 11.5 Å². The molecule has 0 radical (unpaired) electrons. The van der Waals surface area contributed by atoms with E-state index in [0.29, 0.717) is 5.13 Å². The van der Waals surface area contributed by atoms with E-state index in [1.165, 1.54) is 0 Å².